The molecule has 3 aliphatic heterocycles. The third kappa shape index (κ3) is 4.50. The first-order chi connectivity index (χ1) is 21.0. The Labute approximate surface area is 249 Å². The number of hydrogen-bond acceptors (Lipinski definition) is 6. The molecule has 0 saturated carbocycles. The Morgan fingerprint density at radius 3 is 1.95 bits per heavy atom. The highest BCUT2D eigenvalue weighted by Gasteiger charge is 2.55. The number of hydrazine groups is 1. The van der Waals surface area contributed by atoms with Gasteiger partial charge in [0.2, 0.25) is 5.88 Å². The summed E-state index contributed by atoms with van der Waals surface area (Å²) in [7, 11) is 0. The molecule has 7 nitrogen and oxygen atoms in total. The number of amides is 1. The van der Waals surface area contributed by atoms with Crippen molar-refractivity contribution in [2.45, 2.75) is 25.9 Å². The third-order valence-corrected chi connectivity index (χ3v) is 8.27. The number of hydrogen-bond donors (Lipinski definition) is 0. The molecule has 2 atom stereocenters. The maximum Gasteiger partial charge on any atom is 0.313 e. The maximum absolute atomic E-state index is 14.6. The molecule has 212 valence electrons. The minimum atomic E-state index is -0.820. The second kappa shape index (κ2) is 10.8. The summed E-state index contributed by atoms with van der Waals surface area (Å²) in [5, 5.41) is 3.62. The molecule has 43 heavy (non-hydrogen) atoms. The standard InChI is InChI=1S/C36H29N3O4/c1-24-31-33(38(27-18-10-4-11-19-27)39(35(31)42)28-20-12-5-13-21-28)32-29(34(41)26-16-8-3-9-17-26)22-30(40)43-36(32)37(24)23-25-14-6-2-7-15-25/h2-21,29,33H,22-23H2,1H3. The molecule has 0 bridgehead atoms. The Bertz CT molecular complexity index is 1770. The minimum Gasteiger partial charge on any atom is -0.409 e. The van der Waals surface area contributed by atoms with Crippen LogP contribution in [0.25, 0.3) is 0 Å². The highest BCUT2D eigenvalue weighted by atomic mass is 16.6. The summed E-state index contributed by atoms with van der Waals surface area (Å²) in [6, 6.07) is 37.3. The molecule has 1 amide bonds. The number of nitrogens with zero attached hydrogens (tertiary/aromatic N) is 3. The number of para-hydroxylation sites is 2. The van der Waals surface area contributed by atoms with Crippen molar-refractivity contribution in [1.82, 2.24) is 4.90 Å². The quantitative estimate of drug-likeness (QED) is 0.202. The number of carbonyl (C=O) groups is 3. The molecule has 7 rings (SSSR count). The van der Waals surface area contributed by atoms with Gasteiger partial charge in [-0.3, -0.25) is 19.4 Å². The van der Waals surface area contributed by atoms with Crippen molar-refractivity contribution in [2.24, 2.45) is 5.92 Å². The number of ether oxygens (including phenoxy) is 1. The fourth-order valence-corrected chi connectivity index (χ4v) is 6.31. The highest BCUT2D eigenvalue weighted by molar-refractivity contribution is 6.14. The molecule has 7 heteroatoms. The Balaban J connectivity index is 1.48. The maximum atomic E-state index is 14.6. The lowest BCUT2D eigenvalue weighted by atomic mass is 9.78. The van der Waals surface area contributed by atoms with Crippen molar-refractivity contribution >= 4 is 29.0 Å². The molecule has 3 aliphatic rings. The normalized spacial score (nSPS) is 19.8. The van der Waals surface area contributed by atoms with Gasteiger partial charge in [-0.05, 0) is 36.8 Å². The van der Waals surface area contributed by atoms with Crippen LogP contribution in [0, 0.1) is 5.92 Å². The lowest BCUT2D eigenvalue weighted by Crippen LogP contribution is -2.49. The molecule has 0 N–H and O–H groups in total. The van der Waals surface area contributed by atoms with Crippen molar-refractivity contribution in [3.05, 3.63) is 155 Å². The third-order valence-electron chi connectivity index (χ3n) is 8.27. The van der Waals surface area contributed by atoms with Gasteiger partial charge in [0.25, 0.3) is 5.91 Å². The van der Waals surface area contributed by atoms with Crippen LogP contribution in [0.3, 0.4) is 0 Å². The van der Waals surface area contributed by atoms with E-state index in [1.807, 2.05) is 126 Å². The Morgan fingerprint density at radius 1 is 0.767 bits per heavy atom. The van der Waals surface area contributed by atoms with Crippen molar-refractivity contribution in [3.8, 4) is 0 Å². The molecule has 3 heterocycles. The number of fused-ring (bicyclic) bond motifs is 2. The number of anilines is 2. The van der Waals surface area contributed by atoms with E-state index in [1.54, 1.807) is 17.1 Å². The number of rotatable bonds is 6. The smallest absolute Gasteiger partial charge is 0.313 e. The molecule has 4 aromatic carbocycles. The Kier molecular flexibility index (Phi) is 6.62. The molecule has 0 spiro atoms. The Hall–Kier alpha value is -5.43. The van der Waals surface area contributed by atoms with Crippen LogP contribution in [-0.4, -0.2) is 28.6 Å². The average molecular weight is 568 g/mol. The van der Waals surface area contributed by atoms with E-state index in [9.17, 15) is 14.4 Å². The number of esters is 1. The van der Waals surface area contributed by atoms with Crippen LogP contribution in [-0.2, 0) is 20.9 Å². The van der Waals surface area contributed by atoms with Gasteiger partial charge in [0.05, 0.1) is 35.8 Å². The molecule has 1 saturated heterocycles. The molecule has 0 aliphatic carbocycles. The Morgan fingerprint density at radius 2 is 1.33 bits per heavy atom. The molecule has 1 fully saturated rings. The van der Waals surface area contributed by atoms with E-state index in [0.717, 1.165) is 11.3 Å². The van der Waals surface area contributed by atoms with E-state index in [4.69, 9.17) is 4.74 Å². The van der Waals surface area contributed by atoms with Crippen LogP contribution in [0.5, 0.6) is 0 Å². The van der Waals surface area contributed by atoms with Gasteiger partial charge in [-0.1, -0.05) is 97.1 Å². The topological polar surface area (TPSA) is 70.2 Å². The summed E-state index contributed by atoms with van der Waals surface area (Å²) in [6.07, 6.45) is -0.114. The summed E-state index contributed by atoms with van der Waals surface area (Å²) in [5.41, 5.74) is 4.79. The predicted molar refractivity (Wildman–Crippen MR) is 163 cm³/mol. The number of carbonyl (C=O) groups excluding carboxylic acids is 3. The highest BCUT2D eigenvalue weighted by Crippen LogP contribution is 2.49. The van der Waals surface area contributed by atoms with E-state index in [1.165, 1.54) is 0 Å². The zero-order valence-electron chi connectivity index (χ0n) is 23.6. The summed E-state index contributed by atoms with van der Waals surface area (Å²) >= 11 is 0. The number of ketones is 1. The number of Topliss-reactive ketones (excluding diaryl/α,β-unsaturated/α-hetero) is 1. The second-order valence-corrected chi connectivity index (χ2v) is 10.8. The fraction of sp³-hybridized carbons (Fsp3) is 0.139. The van der Waals surface area contributed by atoms with Crippen LogP contribution in [0.15, 0.2) is 144 Å². The lowest BCUT2D eigenvalue weighted by Gasteiger charge is -2.43. The summed E-state index contributed by atoms with van der Waals surface area (Å²) in [4.78, 5) is 43.9. The van der Waals surface area contributed by atoms with Crippen LogP contribution in [0.2, 0.25) is 0 Å². The summed E-state index contributed by atoms with van der Waals surface area (Å²) in [5.74, 6) is -1.34. The number of allylic oxidation sites excluding steroid dienone is 1. The van der Waals surface area contributed by atoms with E-state index < -0.39 is 17.9 Å². The van der Waals surface area contributed by atoms with E-state index in [0.29, 0.717) is 40.5 Å². The van der Waals surface area contributed by atoms with Gasteiger partial charge in [-0.15, -0.1) is 0 Å². The van der Waals surface area contributed by atoms with E-state index >= 15 is 0 Å². The van der Waals surface area contributed by atoms with Crippen LogP contribution >= 0.6 is 0 Å². The SMILES string of the molecule is CC1=C2C(=O)N(c3ccccc3)N(c3ccccc3)C2C2=C(OC(=O)CC2C(=O)c2ccccc2)N1Cc1ccccc1. The first kappa shape index (κ1) is 26.5. The average Bonchev–Trinajstić information content (AvgIpc) is 3.36. The van der Waals surface area contributed by atoms with Crippen molar-refractivity contribution in [2.75, 3.05) is 10.0 Å². The zero-order chi connectivity index (χ0) is 29.5. The van der Waals surface area contributed by atoms with Gasteiger partial charge >= 0.3 is 5.97 Å². The van der Waals surface area contributed by atoms with E-state index in [-0.39, 0.29) is 18.1 Å². The molecule has 0 aromatic heterocycles. The fourth-order valence-electron chi connectivity index (χ4n) is 6.31. The largest absolute Gasteiger partial charge is 0.409 e. The van der Waals surface area contributed by atoms with Crippen molar-refractivity contribution in [3.63, 3.8) is 0 Å². The first-order valence-electron chi connectivity index (χ1n) is 14.3. The molecule has 2 unspecified atom stereocenters. The van der Waals surface area contributed by atoms with Crippen LogP contribution in [0.1, 0.15) is 29.3 Å². The van der Waals surface area contributed by atoms with Gasteiger partial charge < -0.3 is 9.64 Å². The van der Waals surface area contributed by atoms with Gasteiger partial charge in [-0.25, -0.2) is 5.01 Å². The van der Waals surface area contributed by atoms with Gasteiger partial charge in [0.1, 0.15) is 6.04 Å². The lowest BCUT2D eigenvalue weighted by molar-refractivity contribution is -0.144. The molecule has 4 aromatic rings. The van der Waals surface area contributed by atoms with Crippen molar-refractivity contribution in [1.29, 1.82) is 0 Å². The predicted octanol–water partition coefficient (Wildman–Crippen LogP) is 6.27. The van der Waals surface area contributed by atoms with Crippen molar-refractivity contribution < 1.29 is 19.1 Å². The number of benzene rings is 4. The molecular weight excluding hydrogens is 538 g/mol. The van der Waals surface area contributed by atoms with Gasteiger partial charge in [0, 0.05) is 16.8 Å². The summed E-state index contributed by atoms with van der Waals surface area (Å²) < 4.78 is 6.05. The summed E-state index contributed by atoms with van der Waals surface area (Å²) in [6.45, 7) is 2.26. The first-order valence-corrected chi connectivity index (χ1v) is 14.3. The monoisotopic (exact) mass is 567 g/mol. The van der Waals surface area contributed by atoms with Crippen LogP contribution < -0.4 is 10.0 Å². The van der Waals surface area contributed by atoms with Crippen LogP contribution in [0.4, 0.5) is 11.4 Å². The van der Waals surface area contributed by atoms with Gasteiger partial charge in [0.15, 0.2) is 5.78 Å². The second-order valence-electron chi connectivity index (χ2n) is 10.8. The molecular formula is C36H29N3O4. The zero-order valence-corrected chi connectivity index (χ0v) is 23.6. The molecule has 0 radical (unpaired) electrons. The minimum absolute atomic E-state index is 0.114. The van der Waals surface area contributed by atoms with Gasteiger partial charge in [-0.2, -0.15) is 0 Å². The van der Waals surface area contributed by atoms with E-state index in [2.05, 4.69) is 0 Å².